The van der Waals surface area contributed by atoms with Crippen molar-refractivity contribution in [1.29, 1.82) is 0 Å². The standard InChI is InChI=1S/C11H23N/c1-4-9(5-2)11(12-3)10-7-6-8-10/h9-12H,4-8H2,1-3H3. The molecule has 0 heterocycles. The van der Waals surface area contributed by atoms with Crippen LogP contribution in [0.25, 0.3) is 0 Å². The first-order valence-electron chi connectivity index (χ1n) is 5.50. The van der Waals surface area contributed by atoms with E-state index in [4.69, 9.17) is 0 Å². The normalized spacial score (nSPS) is 21.0. The van der Waals surface area contributed by atoms with Crippen molar-refractivity contribution in [3.8, 4) is 0 Å². The molecule has 1 unspecified atom stereocenters. The van der Waals surface area contributed by atoms with Crippen LogP contribution in [-0.4, -0.2) is 13.1 Å². The van der Waals surface area contributed by atoms with Gasteiger partial charge in [0, 0.05) is 6.04 Å². The van der Waals surface area contributed by atoms with Crippen molar-refractivity contribution in [2.24, 2.45) is 11.8 Å². The van der Waals surface area contributed by atoms with Crippen LogP contribution in [0.15, 0.2) is 0 Å². The lowest BCUT2D eigenvalue weighted by molar-refractivity contribution is 0.174. The van der Waals surface area contributed by atoms with Crippen LogP contribution in [0.3, 0.4) is 0 Å². The average Bonchev–Trinajstić information content (AvgIpc) is 2.01. The van der Waals surface area contributed by atoms with E-state index in [0.29, 0.717) is 0 Å². The molecule has 1 fully saturated rings. The molecule has 0 bridgehead atoms. The van der Waals surface area contributed by atoms with Gasteiger partial charge in [0.25, 0.3) is 0 Å². The number of rotatable bonds is 5. The van der Waals surface area contributed by atoms with Crippen LogP contribution in [0, 0.1) is 11.8 Å². The molecule has 1 heteroatoms. The fourth-order valence-electron chi connectivity index (χ4n) is 2.45. The van der Waals surface area contributed by atoms with Gasteiger partial charge >= 0.3 is 0 Å². The van der Waals surface area contributed by atoms with Crippen LogP contribution in [0.1, 0.15) is 46.0 Å². The van der Waals surface area contributed by atoms with Gasteiger partial charge in [0.1, 0.15) is 0 Å². The molecule has 12 heavy (non-hydrogen) atoms. The number of hydrogen-bond acceptors (Lipinski definition) is 1. The molecule has 72 valence electrons. The van der Waals surface area contributed by atoms with Gasteiger partial charge in [-0.1, -0.05) is 33.1 Å². The highest BCUT2D eigenvalue weighted by Gasteiger charge is 2.30. The van der Waals surface area contributed by atoms with E-state index in [1.54, 1.807) is 0 Å². The minimum atomic E-state index is 0.800. The second-order valence-electron chi connectivity index (χ2n) is 4.08. The molecule has 1 rings (SSSR count). The van der Waals surface area contributed by atoms with E-state index in [0.717, 1.165) is 17.9 Å². The Morgan fingerprint density at radius 2 is 1.83 bits per heavy atom. The topological polar surface area (TPSA) is 12.0 Å². The van der Waals surface area contributed by atoms with Crippen molar-refractivity contribution < 1.29 is 0 Å². The monoisotopic (exact) mass is 169 g/mol. The molecule has 0 saturated heterocycles. The van der Waals surface area contributed by atoms with Crippen LogP contribution in [0.2, 0.25) is 0 Å². The highest BCUT2D eigenvalue weighted by Crippen LogP contribution is 2.34. The van der Waals surface area contributed by atoms with Crippen LogP contribution in [-0.2, 0) is 0 Å². The van der Waals surface area contributed by atoms with Gasteiger partial charge in [0.05, 0.1) is 0 Å². The van der Waals surface area contributed by atoms with Gasteiger partial charge in [-0.15, -0.1) is 0 Å². The Balaban J connectivity index is 2.40. The van der Waals surface area contributed by atoms with E-state index < -0.39 is 0 Å². The van der Waals surface area contributed by atoms with Gasteiger partial charge in [0.15, 0.2) is 0 Å². The van der Waals surface area contributed by atoms with Gasteiger partial charge in [-0.05, 0) is 31.7 Å². The maximum absolute atomic E-state index is 3.51. The van der Waals surface area contributed by atoms with E-state index in [9.17, 15) is 0 Å². The van der Waals surface area contributed by atoms with Crippen molar-refractivity contribution in [1.82, 2.24) is 5.32 Å². The Bertz CT molecular complexity index is 114. The Kier molecular flexibility index (Phi) is 4.07. The fourth-order valence-corrected chi connectivity index (χ4v) is 2.45. The Morgan fingerprint density at radius 3 is 2.08 bits per heavy atom. The summed E-state index contributed by atoms with van der Waals surface area (Å²) in [5.41, 5.74) is 0. The van der Waals surface area contributed by atoms with Gasteiger partial charge in [-0.25, -0.2) is 0 Å². The highest BCUT2D eigenvalue weighted by molar-refractivity contribution is 4.85. The van der Waals surface area contributed by atoms with E-state index >= 15 is 0 Å². The van der Waals surface area contributed by atoms with E-state index in [-0.39, 0.29) is 0 Å². The number of hydrogen-bond donors (Lipinski definition) is 1. The van der Waals surface area contributed by atoms with Crippen LogP contribution in [0.4, 0.5) is 0 Å². The maximum atomic E-state index is 3.51. The molecule has 0 radical (unpaired) electrons. The van der Waals surface area contributed by atoms with Crippen molar-refractivity contribution in [3.63, 3.8) is 0 Å². The Hall–Kier alpha value is -0.0400. The first kappa shape index (κ1) is 10.0. The molecule has 0 aromatic rings. The molecule has 0 aliphatic heterocycles. The van der Waals surface area contributed by atoms with Crippen molar-refractivity contribution in [2.75, 3.05) is 7.05 Å². The summed E-state index contributed by atoms with van der Waals surface area (Å²) < 4.78 is 0. The largest absolute Gasteiger partial charge is 0.316 e. The summed E-state index contributed by atoms with van der Waals surface area (Å²) >= 11 is 0. The summed E-state index contributed by atoms with van der Waals surface area (Å²) in [6, 6.07) is 0.800. The lowest BCUT2D eigenvalue weighted by Crippen LogP contribution is -2.42. The van der Waals surface area contributed by atoms with Gasteiger partial charge < -0.3 is 5.32 Å². The predicted molar refractivity (Wildman–Crippen MR) is 54.3 cm³/mol. The minimum absolute atomic E-state index is 0.800. The molecular weight excluding hydrogens is 146 g/mol. The summed E-state index contributed by atoms with van der Waals surface area (Å²) in [5, 5.41) is 3.51. The second-order valence-corrected chi connectivity index (χ2v) is 4.08. The SMILES string of the molecule is CCC(CC)C(NC)C1CCC1. The lowest BCUT2D eigenvalue weighted by atomic mass is 9.73. The maximum Gasteiger partial charge on any atom is 0.0120 e. The van der Waals surface area contributed by atoms with Crippen molar-refractivity contribution in [3.05, 3.63) is 0 Å². The first-order chi connectivity index (χ1) is 5.83. The summed E-state index contributed by atoms with van der Waals surface area (Å²) in [6.45, 7) is 4.63. The third-order valence-electron chi connectivity index (χ3n) is 3.55. The zero-order valence-electron chi connectivity index (χ0n) is 8.77. The van der Waals surface area contributed by atoms with Crippen molar-refractivity contribution in [2.45, 2.75) is 52.0 Å². The molecule has 1 aliphatic rings. The summed E-state index contributed by atoms with van der Waals surface area (Å²) in [5.74, 6) is 1.89. The van der Waals surface area contributed by atoms with Crippen LogP contribution in [0.5, 0.6) is 0 Å². The second kappa shape index (κ2) is 4.86. The van der Waals surface area contributed by atoms with Crippen LogP contribution >= 0.6 is 0 Å². The summed E-state index contributed by atoms with van der Waals surface area (Å²) in [7, 11) is 2.13. The average molecular weight is 169 g/mol. The smallest absolute Gasteiger partial charge is 0.0120 e. The fraction of sp³-hybridized carbons (Fsp3) is 1.00. The summed E-state index contributed by atoms with van der Waals surface area (Å²) in [4.78, 5) is 0. The predicted octanol–water partition coefficient (Wildman–Crippen LogP) is 2.81. The van der Waals surface area contributed by atoms with Crippen molar-refractivity contribution >= 4 is 0 Å². The van der Waals surface area contributed by atoms with E-state index in [2.05, 4.69) is 26.2 Å². The Labute approximate surface area is 76.9 Å². The molecule has 1 aliphatic carbocycles. The molecule has 1 saturated carbocycles. The molecular formula is C11H23N. The molecule has 0 spiro atoms. The van der Waals surface area contributed by atoms with Gasteiger partial charge in [0.2, 0.25) is 0 Å². The van der Waals surface area contributed by atoms with Gasteiger partial charge in [-0.2, -0.15) is 0 Å². The third-order valence-corrected chi connectivity index (χ3v) is 3.55. The quantitative estimate of drug-likeness (QED) is 0.667. The van der Waals surface area contributed by atoms with Gasteiger partial charge in [-0.3, -0.25) is 0 Å². The zero-order valence-corrected chi connectivity index (χ0v) is 8.77. The highest BCUT2D eigenvalue weighted by atomic mass is 14.9. The minimum Gasteiger partial charge on any atom is -0.316 e. The molecule has 0 aromatic heterocycles. The van der Waals surface area contributed by atoms with E-state index in [1.807, 2.05) is 0 Å². The number of nitrogens with one attached hydrogen (secondary N) is 1. The lowest BCUT2D eigenvalue weighted by Gasteiger charge is -2.38. The Morgan fingerprint density at radius 1 is 1.25 bits per heavy atom. The molecule has 0 aromatic carbocycles. The molecule has 1 nitrogen and oxygen atoms in total. The molecule has 1 atom stereocenters. The first-order valence-corrected chi connectivity index (χ1v) is 5.50. The molecule has 1 N–H and O–H groups in total. The third kappa shape index (κ3) is 2.01. The van der Waals surface area contributed by atoms with Crippen LogP contribution < -0.4 is 5.32 Å². The zero-order chi connectivity index (χ0) is 8.97. The summed E-state index contributed by atoms with van der Waals surface area (Å²) in [6.07, 6.45) is 7.05. The molecule has 0 amide bonds. The van der Waals surface area contributed by atoms with E-state index in [1.165, 1.54) is 32.1 Å².